The van der Waals surface area contributed by atoms with Crippen molar-refractivity contribution in [3.63, 3.8) is 0 Å². The molecule has 19 heavy (non-hydrogen) atoms. The molecule has 3 heteroatoms. The number of hydrogen-bond acceptors (Lipinski definition) is 2. The standard InChI is InChI=1S/C16H22N2O/c19-16(18-15-3-1-2-4-15)13-7-5-12(6-8-13)11-17-14-9-10-14/h5-8,14-15,17H,1-4,9-11H2,(H,18,19). The van der Waals surface area contributed by atoms with E-state index in [0.29, 0.717) is 6.04 Å². The molecule has 2 aliphatic rings. The second-order valence-electron chi connectivity index (χ2n) is 5.81. The van der Waals surface area contributed by atoms with E-state index in [4.69, 9.17) is 0 Å². The SMILES string of the molecule is O=C(NC1CCCC1)c1ccc(CNC2CC2)cc1. The number of rotatable bonds is 5. The molecule has 0 spiro atoms. The summed E-state index contributed by atoms with van der Waals surface area (Å²) in [6.45, 7) is 0.912. The summed E-state index contributed by atoms with van der Waals surface area (Å²) in [5, 5.41) is 6.60. The smallest absolute Gasteiger partial charge is 0.251 e. The zero-order chi connectivity index (χ0) is 13.1. The summed E-state index contributed by atoms with van der Waals surface area (Å²) in [6.07, 6.45) is 7.38. The van der Waals surface area contributed by atoms with Crippen molar-refractivity contribution < 1.29 is 4.79 Å². The van der Waals surface area contributed by atoms with Gasteiger partial charge in [0.2, 0.25) is 0 Å². The Bertz CT molecular complexity index is 431. The van der Waals surface area contributed by atoms with Crippen LogP contribution in [0.1, 0.15) is 54.4 Å². The number of amides is 1. The van der Waals surface area contributed by atoms with Gasteiger partial charge in [-0.1, -0.05) is 25.0 Å². The lowest BCUT2D eigenvalue weighted by Gasteiger charge is -2.12. The van der Waals surface area contributed by atoms with Gasteiger partial charge in [0.15, 0.2) is 0 Å². The Labute approximate surface area is 114 Å². The highest BCUT2D eigenvalue weighted by atomic mass is 16.1. The third-order valence-corrected chi connectivity index (χ3v) is 4.08. The fourth-order valence-electron chi connectivity index (χ4n) is 2.66. The zero-order valence-corrected chi connectivity index (χ0v) is 11.3. The zero-order valence-electron chi connectivity index (χ0n) is 11.3. The normalized spacial score (nSPS) is 19.6. The highest BCUT2D eigenvalue weighted by molar-refractivity contribution is 5.94. The van der Waals surface area contributed by atoms with Crippen LogP contribution in [0.25, 0.3) is 0 Å². The lowest BCUT2D eigenvalue weighted by atomic mass is 10.1. The van der Waals surface area contributed by atoms with Crippen molar-refractivity contribution in [3.05, 3.63) is 35.4 Å². The van der Waals surface area contributed by atoms with E-state index in [0.717, 1.165) is 31.0 Å². The Balaban J connectivity index is 1.52. The van der Waals surface area contributed by atoms with Crippen LogP contribution in [0, 0.1) is 0 Å². The van der Waals surface area contributed by atoms with Crippen LogP contribution in [0.15, 0.2) is 24.3 Å². The molecular formula is C16H22N2O. The summed E-state index contributed by atoms with van der Waals surface area (Å²) < 4.78 is 0. The number of carbonyl (C=O) groups is 1. The Morgan fingerprint density at radius 2 is 1.68 bits per heavy atom. The third-order valence-electron chi connectivity index (χ3n) is 4.08. The second-order valence-corrected chi connectivity index (χ2v) is 5.81. The van der Waals surface area contributed by atoms with Gasteiger partial charge in [-0.05, 0) is 43.4 Å². The van der Waals surface area contributed by atoms with E-state index in [1.165, 1.54) is 31.2 Å². The molecular weight excluding hydrogens is 236 g/mol. The topological polar surface area (TPSA) is 41.1 Å². The van der Waals surface area contributed by atoms with E-state index in [2.05, 4.69) is 22.8 Å². The summed E-state index contributed by atoms with van der Waals surface area (Å²) in [5.41, 5.74) is 2.03. The lowest BCUT2D eigenvalue weighted by molar-refractivity contribution is 0.0938. The van der Waals surface area contributed by atoms with Crippen LogP contribution in [0.5, 0.6) is 0 Å². The molecule has 0 radical (unpaired) electrons. The highest BCUT2D eigenvalue weighted by Crippen LogP contribution is 2.20. The first-order valence-corrected chi connectivity index (χ1v) is 7.44. The highest BCUT2D eigenvalue weighted by Gasteiger charge is 2.20. The van der Waals surface area contributed by atoms with Crippen molar-refractivity contribution >= 4 is 5.91 Å². The fourth-order valence-corrected chi connectivity index (χ4v) is 2.66. The molecule has 0 unspecified atom stereocenters. The minimum absolute atomic E-state index is 0.0774. The van der Waals surface area contributed by atoms with Gasteiger partial charge in [0, 0.05) is 24.2 Å². The van der Waals surface area contributed by atoms with E-state index in [9.17, 15) is 4.79 Å². The van der Waals surface area contributed by atoms with Crippen LogP contribution in [-0.4, -0.2) is 18.0 Å². The van der Waals surface area contributed by atoms with Gasteiger partial charge in [0.1, 0.15) is 0 Å². The number of benzene rings is 1. The Morgan fingerprint density at radius 1 is 1.00 bits per heavy atom. The second kappa shape index (κ2) is 5.74. The summed E-state index contributed by atoms with van der Waals surface area (Å²) in [4.78, 5) is 12.1. The molecule has 3 rings (SSSR count). The van der Waals surface area contributed by atoms with Gasteiger partial charge in [-0.25, -0.2) is 0 Å². The van der Waals surface area contributed by atoms with Gasteiger partial charge in [0.25, 0.3) is 5.91 Å². The Morgan fingerprint density at radius 3 is 2.32 bits per heavy atom. The maximum Gasteiger partial charge on any atom is 0.251 e. The van der Waals surface area contributed by atoms with Crippen molar-refractivity contribution in [2.24, 2.45) is 0 Å². The largest absolute Gasteiger partial charge is 0.349 e. The Hall–Kier alpha value is -1.35. The molecule has 0 atom stereocenters. The fraction of sp³-hybridized carbons (Fsp3) is 0.562. The number of nitrogens with one attached hydrogen (secondary N) is 2. The predicted molar refractivity (Wildman–Crippen MR) is 76.0 cm³/mol. The molecule has 1 aromatic rings. The third kappa shape index (κ3) is 3.57. The van der Waals surface area contributed by atoms with Gasteiger partial charge in [0.05, 0.1) is 0 Å². The molecule has 1 aromatic carbocycles. The van der Waals surface area contributed by atoms with Gasteiger partial charge < -0.3 is 10.6 Å². The van der Waals surface area contributed by atoms with Crippen LogP contribution < -0.4 is 10.6 Å². The molecule has 0 aromatic heterocycles. The molecule has 0 bridgehead atoms. The van der Waals surface area contributed by atoms with Crippen molar-refractivity contribution in [2.75, 3.05) is 0 Å². The summed E-state index contributed by atoms with van der Waals surface area (Å²) in [7, 11) is 0. The van der Waals surface area contributed by atoms with Gasteiger partial charge in [-0.3, -0.25) is 4.79 Å². The summed E-state index contributed by atoms with van der Waals surface area (Å²) >= 11 is 0. The first-order valence-electron chi connectivity index (χ1n) is 7.44. The van der Waals surface area contributed by atoms with Crippen molar-refractivity contribution in [3.8, 4) is 0 Å². The number of hydrogen-bond donors (Lipinski definition) is 2. The maximum absolute atomic E-state index is 12.1. The lowest BCUT2D eigenvalue weighted by Crippen LogP contribution is -2.32. The van der Waals surface area contributed by atoms with E-state index >= 15 is 0 Å². The molecule has 0 heterocycles. The first kappa shape index (κ1) is 12.7. The van der Waals surface area contributed by atoms with Crippen molar-refractivity contribution in [1.82, 2.24) is 10.6 Å². The van der Waals surface area contributed by atoms with Crippen LogP contribution in [0.3, 0.4) is 0 Å². The molecule has 1 amide bonds. The number of carbonyl (C=O) groups excluding carboxylic acids is 1. The molecule has 0 saturated heterocycles. The van der Waals surface area contributed by atoms with E-state index in [1.807, 2.05) is 12.1 Å². The average molecular weight is 258 g/mol. The minimum Gasteiger partial charge on any atom is -0.349 e. The van der Waals surface area contributed by atoms with E-state index in [1.54, 1.807) is 0 Å². The first-order chi connectivity index (χ1) is 9.31. The van der Waals surface area contributed by atoms with Gasteiger partial charge in [-0.2, -0.15) is 0 Å². The molecule has 2 N–H and O–H groups in total. The molecule has 2 fully saturated rings. The quantitative estimate of drug-likeness (QED) is 0.852. The summed E-state index contributed by atoms with van der Waals surface area (Å²) in [5.74, 6) is 0.0774. The summed E-state index contributed by atoms with van der Waals surface area (Å²) in [6, 6.07) is 9.11. The van der Waals surface area contributed by atoms with Crippen molar-refractivity contribution in [1.29, 1.82) is 0 Å². The monoisotopic (exact) mass is 258 g/mol. The molecule has 0 aliphatic heterocycles. The van der Waals surface area contributed by atoms with Crippen LogP contribution in [0.2, 0.25) is 0 Å². The minimum atomic E-state index is 0.0774. The van der Waals surface area contributed by atoms with E-state index in [-0.39, 0.29) is 5.91 Å². The molecule has 2 saturated carbocycles. The predicted octanol–water partition coefficient (Wildman–Crippen LogP) is 2.61. The van der Waals surface area contributed by atoms with Gasteiger partial charge >= 0.3 is 0 Å². The molecule has 102 valence electrons. The molecule has 2 aliphatic carbocycles. The van der Waals surface area contributed by atoms with Crippen LogP contribution in [-0.2, 0) is 6.54 Å². The average Bonchev–Trinajstić information content (AvgIpc) is 3.13. The maximum atomic E-state index is 12.1. The van der Waals surface area contributed by atoms with E-state index < -0.39 is 0 Å². The Kier molecular flexibility index (Phi) is 3.83. The van der Waals surface area contributed by atoms with Crippen LogP contribution >= 0.6 is 0 Å². The van der Waals surface area contributed by atoms with Crippen LogP contribution in [0.4, 0.5) is 0 Å². The molecule has 3 nitrogen and oxygen atoms in total. The van der Waals surface area contributed by atoms with Crippen molar-refractivity contribution in [2.45, 2.75) is 57.2 Å². The van der Waals surface area contributed by atoms with Gasteiger partial charge in [-0.15, -0.1) is 0 Å².